The van der Waals surface area contributed by atoms with E-state index in [0.29, 0.717) is 18.0 Å². The summed E-state index contributed by atoms with van der Waals surface area (Å²) in [4.78, 5) is 10.6. The molecule has 1 rings (SSSR count). The lowest BCUT2D eigenvalue weighted by Crippen LogP contribution is -2.05. The third-order valence-electron chi connectivity index (χ3n) is 2.46. The van der Waals surface area contributed by atoms with Gasteiger partial charge in [-0.15, -0.1) is 0 Å². The van der Waals surface area contributed by atoms with Gasteiger partial charge < -0.3 is 10.1 Å². The highest BCUT2D eigenvalue weighted by molar-refractivity contribution is 7.99. The van der Waals surface area contributed by atoms with Gasteiger partial charge in [0.2, 0.25) is 0 Å². The largest absolute Gasteiger partial charge is 0.494 e. The van der Waals surface area contributed by atoms with Crippen LogP contribution >= 0.6 is 11.8 Å². The van der Waals surface area contributed by atoms with Crippen molar-refractivity contribution in [1.29, 1.82) is 0 Å². The number of benzene rings is 1. The first kappa shape index (κ1) is 15.6. The monoisotopic (exact) mass is 284 g/mol. The van der Waals surface area contributed by atoms with Gasteiger partial charge in [0.1, 0.15) is 11.4 Å². The smallest absolute Gasteiger partial charge is 0.296 e. The first-order chi connectivity index (χ1) is 9.19. The first-order valence-electron chi connectivity index (χ1n) is 6.41. The van der Waals surface area contributed by atoms with Gasteiger partial charge in [-0.25, -0.2) is 0 Å². The molecule has 0 spiro atoms. The number of hydrogen-bond donors (Lipinski definition) is 1. The summed E-state index contributed by atoms with van der Waals surface area (Å²) >= 11 is 1.87. The molecule has 5 nitrogen and oxygen atoms in total. The Morgan fingerprint density at radius 3 is 2.84 bits per heavy atom. The second kappa shape index (κ2) is 8.63. The molecule has 0 saturated heterocycles. The number of nitro groups is 1. The van der Waals surface area contributed by atoms with Crippen LogP contribution in [0.25, 0.3) is 0 Å². The first-order valence-corrected chi connectivity index (χ1v) is 7.57. The normalized spacial score (nSPS) is 10.2. The molecule has 0 saturated carbocycles. The van der Waals surface area contributed by atoms with E-state index in [9.17, 15) is 10.1 Å². The lowest BCUT2D eigenvalue weighted by Gasteiger charge is -2.09. The zero-order valence-electron chi connectivity index (χ0n) is 11.3. The Balaban J connectivity index is 2.63. The van der Waals surface area contributed by atoms with Crippen molar-refractivity contribution in [2.45, 2.75) is 20.3 Å². The van der Waals surface area contributed by atoms with Gasteiger partial charge >= 0.3 is 0 Å². The lowest BCUT2D eigenvalue weighted by atomic mass is 10.2. The summed E-state index contributed by atoms with van der Waals surface area (Å²) in [5.74, 6) is 2.69. The molecule has 0 aliphatic carbocycles. The fourth-order valence-electron chi connectivity index (χ4n) is 1.61. The standard InChI is InChI=1S/C13H20N2O3S/c1-3-18-11-6-7-12(13(10-11)15(16)17)14-8-5-9-19-4-2/h6-7,10,14H,3-5,8-9H2,1-2H3. The summed E-state index contributed by atoms with van der Waals surface area (Å²) in [6, 6.07) is 4.92. The van der Waals surface area contributed by atoms with Gasteiger partial charge in [0.25, 0.3) is 5.69 Å². The van der Waals surface area contributed by atoms with Crippen LogP contribution in [-0.4, -0.2) is 29.6 Å². The quantitative estimate of drug-likeness (QED) is 0.427. The topological polar surface area (TPSA) is 64.4 Å². The fourth-order valence-corrected chi connectivity index (χ4v) is 2.25. The number of nitro benzene ring substituents is 1. The Morgan fingerprint density at radius 2 is 2.21 bits per heavy atom. The van der Waals surface area contributed by atoms with Crippen LogP contribution in [0.3, 0.4) is 0 Å². The summed E-state index contributed by atoms with van der Waals surface area (Å²) in [5, 5.41) is 14.1. The van der Waals surface area contributed by atoms with Crippen LogP contribution in [0.1, 0.15) is 20.3 Å². The second-order valence-electron chi connectivity index (χ2n) is 3.85. The molecule has 0 fully saturated rings. The van der Waals surface area contributed by atoms with E-state index in [4.69, 9.17) is 4.74 Å². The molecule has 106 valence electrons. The van der Waals surface area contributed by atoms with Gasteiger partial charge in [-0.1, -0.05) is 6.92 Å². The van der Waals surface area contributed by atoms with Gasteiger partial charge in [-0.05, 0) is 37.0 Å². The maximum absolute atomic E-state index is 11.0. The van der Waals surface area contributed by atoms with E-state index in [0.717, 1.165) is 24.5 Å². The third kappa shape index (κ3) is 5.38. The minimum absolute atomic E-state index is 0.0640. The van der Waals surface area contributed by atoms with Crippen molar-refractivity contribution < 1.29 is 9.66 Å². The fraction of sp³-hybridized carbons (Fsp3) is 0.538. The molecule has 19 heavy (non-hydrogen) atoms. The molecule has 0 aliphatic rings. The molecule has 0 heterocycles. The van der Waals surface area contributed by atoms with Crippen molar-refractivity contribution in [2.75, 3.05) is 30.0 Å². The Labute approximate surface area is 117 Å². The molecule has 0 aliphatic heterocycles. The van der Waals surface area contributed by atoms with Crippen molar-refractivity contribution in [1.82, 2.24) is 0 Å². The van der Waals surface area contributed by atoms with E-state index in [2.05, 4.69) is 12.2 Å². The van der Waals surface area contributed by atoms with Crippen molar-refractivity contribution in [3.63, 3.8) is 0 Å². The molecule has 0 amide bonds. The average molecular weight is 284 g/mol. The molecule has 0 atom stereocenters. The van der Waals surface area contributed by atoms with Crippen molar-refractivity contribution in [2.24, 2.45) is 0 Å². The molecule has 0 radical (unpaired) electrons. The van der Waals surface area contributed by atoms with E-state index in [1.54, 1.807) is 12.1 Å². The van der Waals surface area contributed by atoms with E-state index in [1.165, 1.54) is 6.07 Å². The summed E-state index contributed by atoms with van der Waals surface area (Å²) in [6.07, 6.45) is 0.989. The highest BCUT2D eigenvalue weighted by Crippen LogP contribution is 2.29. The molecule has 0 bridgehead atoms. The maximum atomic E-state index is 11.0. The van der Waals surface area contributed by atoms with Crippen LogP contribution in [-0.2, 0) is 0 Å². The van der Waals surface area contributed by atoms with Gasteiger partial charge in [-0.2, -0.15) is 11.8 Å². The van der Waals surface area contributed by atoms with E-state index >= 15 is 0 Å². The highest BCUT2D eigenvalue weighted by atomic mass is 32.2. The molecule has 0 aromatic heterocycles. The van der Waals surface area contributed by atoms with Gasteiger partial charge in [0.15, 0.2) is 0 Å². The molecule has 1 aromatic carbocycles. The number of anilines is 1. The number of nitrogens with zero attached hydrogens (tertiary/aromatic N) is 1. The summed E-state index contributed by atoms with van der Waals surface area (Å²) in [7, 11) is 0. The van der Waals surface area contributed by atoms with Crippen molar-refractivity contribution in [3.8, 4) is 5.75 Å². The maximum Gasteiger partial charge on any atom is 0.296 e. The Hall–Kier alpha value is -1.43. The molecule has 1 N–H and O–H groups in total. The lowest BCUT2D eigenvalue weighted by molar-refractivity contribution is -0.384. The molecule has 0 unspecified atom stereocenters. The molecular weight excluding hydrogens is 264 g/mol. The number of rotatable bonds is 9. The van der Waals surface area contributed by atoms with E-state index < -0.39 is 0 Å². The van der Waals surface area contributed by atoms with Gasteiger partial charge in [-0.3, -0.25) is 10.1 Å². The van der Waals surface area contributed by atoms with Crippen LogP contribution in [0.2, 0.25) is 0 Å². The van der Waals surface area contributed by atoms with Crippen LogP contribution in [0.5, 0.6) is 5.75 Å². The van der Waals surface area contributed by atoms with E-state index in [-0.39, 0.29) is 10.6 Å². The minimum Gasteiger partial charge on any atom is -0.494 e. The third-order valence-corrected chi connectivity index (χ3v) is 3.45. The van der Waals surface area contributed by atoms with Crippen molar-refractivity contribution in [3.05, 3.63) is 28.3 Å². The van der Waals surface area contributed by atoms with Gasteiger partial charge in [0, 0.05) is 6.54 Å². The summed E-state index contributed by atoms with van der Waals surface area (Å²) in [5.41, 5.74) is 0.615. The van der Waals surface area contributed by atoms with Crippen LogP contribution < -0.4 is 10.1 Å². The van der Waals surface area contributed by atoms with Gasteiger partial charge in [0.05, 0.1) is 17.6 Å². The SMILES string of the molecule is CCOc1ccc(NCCCSCC)c([N+](=O)[O-])c1. The number of hydrogen-bond acceptors (Lipinski definition) is 5. The van der Waals surface area contributed by atoms with Crippen LogP contribution in [0, 0.1) is 10.1 Å². The zero-order chi connectivity index (χ0) is 14.1. The van der Waals surface area contributed by atoms with Crippen molar-refractivity contribution >= 4 is 23.1 Å². The Bertz CT molecular complexity index is 413. The van der Waals surface area contributed by atoms with E-state index in [1.807, 2.05) is 18.7 Å². The number of nitrogens with one attached hydrogen (secondary N) is 1. The van der Waals surface area contributed by atoms with Crippen LogP contribution in [0.4, 0.5) is 11.4 Å². The Morgan fingerprint density at radius 1 is 1.42 bits per heavy atom. The molecular formula is C13H20N2O3S. The minimum atomic E-state index is -0.383. The van der Waals surface area contributed by atoms with Crippen LogP contribution in [0.15, 0.2) is 18.2 Å². The predicted octanol–water partition coefficient (Wildman–Crippen LogP) is 3.55. The summed E-state index contributed by atoms with van der Waals surface area (Å²) in [6.45, 7) is 5.21. The zero-order valence-corrected chi connectivity index (χ0v) is 12.2. The number of ether oxygens (including phenoxy) is 1. The molecule has 6 heteroatoms. The molecule has 1 aromatic rings. The second-order valence-corrected chi connectivity index (χ2v) is 5.24. The average Bonchev–Trinajstić information content (AvgIpc) is 2.40. The Kier molecular flexibility index (Phi) is 7.10. The predicted molar refractivity (Wildman–Crippen MR) is 80.4 cm³/mol. The highest BCUT2D eigenvalue weighted by Gasteiger charge is 2.14. The number of thioether (sulfide) groups is 1. The summed E-state index contributed by atoms with van der Waals surface area (Å²) < 4.78 is 5.27.